The highest BCUT2D eigenvalue weighted by Crippen LogP contribution is 2.22. The lowest BCUT2D eigenvalue weighted by atomic mass is 9.87. The first-order valence-electron chi connectivity index (χ1n) is 5.77. The molecule has 0 spiro atoms. The van der Waals surface area contributed by atoms with Crippen LogP contribution in [0.15, 0.2) is 12.3 Å². The average Bonchev–Trinajstić information content (AvgIpc) is 2.36. The lowest BCUT2D eigenvalue weighted by Gasteiger charge is -2.25. The fourth-order valence-electron chi connectivity index (χ4n) is 1.09. The molecule has 0 rings (SSSR count). The summed E-state index contributed by atoms with van der Waals surface area (Å²) in [6.45, 7) is 6.29. The van der Waals surface area contributed by atoms with Crippen molar-refractivity contribution in [3.05, 3.63) is 12.3 Å². The molecule has 2 N–H and O–H groups in total. The fourth-order valence-corrected chi connectivity index (χ4v) is 1.09. The molecule has 0 aliphatic carbocycles. The molecule has 0 saturated heterocycles. The van der Waals surface area contributed by atoms with Crippen LogP contribution >= 0.6 is 0 Å². The third-order valence-electron chi connectivity index (χ3n) is 2.56. The van der Waals surface area contributed by atoms with Crippen LogP contribution in [0.4, 0.5) is 0 Å². The van der Waals surface area contributed by atoms with Crippen molar-refractivity contribution in [3.8, 4) is 0 Å². The Kier molecular flexibility index (Phi) is 8.36. The minimum atomic E-state index is -1.23. The highest BCUT2D eigenvalue weighted by atomic mass is 16.7. The number of carbonyl (C=O) groups excluding carboxylic acids is 1. The fraction of sp³-hybridized carbons (Fsp3) is 0.750. The van der Waals surface area contributed by atoms with Crippen LogP contribution in [0.1, 0.15) is 20.3 Å². The van der Waals surface area contributed by atoms with Gasteiger partial charge in [-0.05, 0) is 13.3 Å². The maximum Gasteiger partial charge on any atom is 0.316 e. The van der Waals surface area contributed by atoms with Crippen molar-refractivity contribution in [2.75, 3.05) is 33.2 Å². The molecule has 18 heavy (non-hydrogen) atoms. The first-order valence-corrected chi connectivity index (χ1v) is 5.77. The van der Waals surface area contributed by atoms with E-state index in [4.69, 9.17) is 24.4 Å². The van der Waals surface area contributed by atoms with Crippen LogP contribution in [0.2, 0.25) is 0 Å². The monoisotopic (exact) mass is 262 g/mol. The van der Waals surface area contributed by atoms with Crippen molar-refractivity contribution >= 4 is 5.97 Å². The quantitative estimate of drug-likeness (QED) is 0.257. The summed E-state index contributed by atoms with van der Waals surface area (Å²) in [5, 5.41) is 18.3. The number of hydrogen-bond donors (Lipinski definition) is 2. The van der Waals surface area contributed by atoms with Gasteiger partial charge in [0.15, 0.2) is 6.79 Å². The number of aliphatic hydroxyl groups is 2. The number of rotatable bonds is 10. The zero-order valence-corrected chi connectivity index (χ0v) is 11.0. The van der Waals surface area contributed by atoms with Crippen molar-refractivity contribution in [1.82, 2.24) is 0 Å². The Morgan fingerprint density at radius 1 is 1.22 bits per heavy atom. The molecule has 0 aromatic carbocycles. The van der Waals surface area contributed by atoms with Crippen LogP contribution in [-0.4, -0.2) is 49.4 Å². The topological polar surface area (TPSA) is 85.2 Å². The van der Waals surface area contributed by atoms with E-state index in [1.807, 2.05) is 0 Å². The molecule has 0 heterocycles. The molecule has 6 heteroatoms. The summed E-state index contributed by atoms with van der Waals surface area (Å²) < 4.78 is 14.9. The van der Waals surface area contributed by atoms with Gasteiger partial charge < -0.3 is 24.4 Å². The van der Waals surface area contributed by atoms with E-state index in [1.54, 1.807) is 13.8 Å². The van der Waals surface area contributed by atoms with Gasteiger partial charge in [0.05, 0.1) is 25.6 Å². The smallest absolute Gasteiger partial charge is 0.316 e. The number of ether oxygens (including phenoxy) is 3. The van der Waals surface area contributed by atoms with Crippen LogP contribution < -0.4 is 0 Å². The summed E-state index contributed by atoms with van der Waals surface area (Å²) in [4.78, 5) is 11.7. The minimum absolute atomic E-state index is 0.0418. The Morgan fingerprint density at radius 2 is 1.83 bits per heavy atom. The molecule has 0 radical (unpaired) electrons. The first kappa shape index (κ1) is 16.9. The van der Waals surface area contributed by atoms with Crippen LogP contribution in [0.25, 0.3) is 0 Å². The summed E-state index contributed by atoms with van der Waals surface area (Å²) >= 11 is 0. The standard InChI is InChI=1S/C12H22O6/c1-4-12(7-13,8-14)11(15)17-6-5-16-9-18-10(2)3/h13-14H,2,4-9H2,1,3H3. The van der Waals surface area contributed by atoms with Gasteiger partial charge in [0.2, 0.25) is 0 Å². The molecule has 0 aliphatic rings. The van der Waals surface area contributed by atoms with Gasteiger partial charge in [0.1, 0.15) is 12.0 Å². The number of carbonyl (C=O) groups is 1. The Balaban J connectivity index is 3.85. The molecule has 0 aromatic heterocycles. The minimum Gasteiger partial charge on any atom is -0.473 e. The first-order chi connectivity index (χ1) is 8.52. The van der Waals surface area contributed by atoms with E-state index in [1.165, 1.54) is 0 Å². The maximum absolute atomic E-state index is 11.7. The molecule has 0 amide bonds. The zero-order valence-electron chi connectivity index (χ0n) is 11.0. The Morgan fingerprint density at radius 3 is 2.28 bits per heavy atom. The van der Waals surface area contributed by atoms with E-state index in [0.717, 1.165) is 0 Å². The molecule has 0 aromatic rings. The second-order valence-electron chi connectivity index (χ2n) is 3.96. The molecule has 0 saturated carbocycles. The number of hydrogen-bond acceptors (Lipinski definition) is 6. The van der Waals surface area contributed by atoms with Crippen LogP contribution in [-0.2, 0) is 19.0 Å². The van der Waals surface area contributed by atoms with Gasteiger partial charge in [-0.25, -0.2) is 0 Å². The second kappa shape index (κ2) is 8.91. The second-order valence-corrected chi connectivity index (χ2v) is 3.96. The summed E-state index contributed by atoms with van der Waals surface area (Å²) in [5.41, 5.74) is -1.23. The lowest BCUT2D eigenvalue weighted by molar-refractivity contribution is -0.164. The van der Waals surface area contributed by atoms with Crippen molar-refractivity contribution in [1.29, 1.82) is 0 Å². The van der Waals surface area contributed by atoms with Crippen molar-refractivity contribution < 1.29 is 29.2 Å². The van der Waals surface area contributed by atoms with Gasteiger partial charge in [-0.2, -0.15) is 0 Å². The van der Waals surface area contributed by atoms with Gasteiger partial charge >= 0.3 is 5.97 Å². The average molecular weight is 262 g/mol. The molecule has 0 aliphatic heterocycles. The molecular formula is C12H22O6. The largest absolute Gasteiger partial charge is 0.473 e. The summed E-state index contributed by atoms with van der Waals surface area (Å²) in [6, 6.07) is 0. The van der Waals surface area contributed by atoms with Crippen LogP contribution in [0.3, 0.4) is 0 Å². The van der Waals surface area contributed by atoms with Crippen molar-refractivity contribution in [3.63, 3.8) is 0 Å². The third-order valence-corrected chi connectivity index (χ3v) is 2.56. The van der Waals surface area contributed by atoms with E-state index >= 15 is 0 Å². The number of aliphatic hydroxyl groups excluding tert-OH is 2. The van der Waals surface area contributed by atoms with Crippen molar-refractivity contribution in [2.24, 2.45) is 5.41 Å². The molecule has 0 unspecified atom stereocenters. The van der Waals surface area contributed by atoms with E-state index in [2.05, 4.69) is 6.58 Å². The van der Waals surface area contributed by atoms with E-state index in [9.17, 15) is 4.79 Å². The Labute approximate surface area is 107 Å². The van der Waals surface area contributed by atoms with Gasteiger partial charge in [-0.1, -0.05) is 13.5 Å². The molecule has 6 nitrogen and oxygen atoms in total. The van der Waals surface area contributed by atoms with Crippen molar-refractivity contribution in [2.45, 2.75) is 20.3 Å². The highest BCUT2D eigenvalue weighted by Gasteiger charge is 2.37. The zero-order chi connectivity index (χ0) is 14.0. The van der Waals surface area contributed by atoms with Gasteiger partial charge in [0, 0.05) is 0 Å². The number of esters is 1. The summed E-state index contributed by atoms with van der Waals surface area (Å²) in [7, 11) is 0. The Bertz CT molecular complexity index is 251. The summed E-state index contributed by atoms with van der Waals surface area (Å²) in [6.07, 6.45) is 0.304. The SMILES string of the molecule is C=C(C)OCOCCOC(=O)C(CC)(CO)CO. The predicted molar refractivity (Wildman–Crippen MR) is 64.6 cm³/mol. The molecular weight excluding hydrogens is 240 g/mol. The number of allylic oxidation sites excluding steroid dienone is 1. The van der Waals surface area contributed by atoms with E-state index in [-0.39, 0.29) is 20.0 Å². The van der Waals surface area contributed by atoms with Crippen LogP contribution in [0.5, 0.6) is 0 Å². The van der Waals surface area contributed by atoms with E-state index < -0.39 is 24.6 Å². The molecule has 0 bridgehead atoms. The summed E-state index contributed by atoms with van der Waals surface area (Å²) in [5.74, 6) is -0.0861. The highest BCUT2D eigenvalue weighted by molar-refractivity contribution is 5.77. The third kappa shape index (κ3) is 5.48. The molecule has 0 atom stereocenters. The van der Waals surface area contributed by atoms with Gasteiger partial charge in [-0.15, -0.1) is 0 Å². The van der Waals surface area contributed by atoms with Crippen LogP contribution in [0, 0.1) is 5.41 Å². The molecule has 0 fully saturated rings. The maximum atomic E-state index is 11.7. The predicted octanol–water partition coefficient (Wildman–Crippen LogP) is 0.435. The normalized spacial score (nSPS) is 11.1. The van der Waals surface area contributed by atoms with E-state index in [0.29, 0.717) is 12.2 Å². The van der Waals surface area contributed by atoms with Gasteiger partial charge in [-0.3, -0.25) is 4.79 Å². The lowest BCUT2D eigenvalue weighted by Crippen LogP contribution is -2.40. The Hall–Kier alpha value is -1.11. The molecule has 106 valence electrons. The van der Waals surface area contributed by atoms with Gasteiger partial charge in [0.25, 0.3) is 0 Å².